The van der Waals surface area contributed by atoms with Crippen LogP contribution in [0.5, 0.6) is 0 Å². The van der Waals surface area contributed by atoms with Crippen molar-refractivity contribution in [2.75, 3.05) is 11.1 Å². The molecule has 168 valence electrons. The molecule has 1 heterocycles. The minimum Gasteiger partial charge on any atom is -0.455 e. The molecule has 0 bridgehead atoms. The van der Waals surface area contributed by atoms with Crippen molar-refractivity contribution in [3.05, 3.63) is 95.3 Å². The maximum absolute atomic E-state index is 12.8. The van der Waals surface area contributed by atoms with Crippen LogP contribution in [0.25, 0.3) is 11.0 Å². The van der Waals surface area contributed by atoms with E-state index in [2.05, 4.69) is 15.3 Å². The third-order valence-corrected chi connectivity index (χ3v) is 6.00. The second-order valence-electron chi connectivity index (χ2n) is 7.35. The minimum absolute atomic E-state index is 0.00276. The number of nitrogens with zero attached hydrogens (tertiary/aromatic N) is 3. The Morgan fingerprint density at radius 2 is 1.74 bits per heavy atom. The van der Waals surface area contributed by atoms with Gasteiger partial charge in [-0.25, -0.2) is 14.8 Å². The maximum Gasteiger partial charge on any atom is 0.339 e. The van der Waals surface area contributed by atoms with E-state index in [1.165, 1.54) is 11.8 Å². The summed E-state index contributed by atoms with van der Waals surface area (Å²) in [6.45, 7) is 1.83. The molecule has 4 rings (SSSR count). The van der Waals surface area contributed by atoms with Gasteiger partial charge in [0, 0.05) is 10.6 Å². The van der Waals surface area contributed by atoms with Crippen molar-refractivity contribution in [3.8, 4) is 6.07 Å². The van der Waals surface area contributed by atoms with Gasteiger partial charge in [0.25, 0.3) is 0 Å². The molecule has 1 aromatic heterocycles. The molecule has 1 amide bonds. The SMILES string of the molecule is Cc1nc2ccccc2nc1COC(=O)c1ccccc1SCC(=O)Nc1cccc(C#N)c1. The van der Waals surface area contributed by atoms with Crippen molar-refractivity contribution in [1.29, 1.82) is 5.26 Å². The van der Waals surface area contributed by atoms with Gasteiger partial charge in [-0.1, -0.05) is 30.3 Å². The highest BCUT2D eigenvalue weighted by molar-refractivity contribution is 8.00. The molecule has 1 N–H and O–H groups in total. The van der Waals surface area contributed by atoms with Crippen molar-refractivity contribution >= 4 is 40.4 Å². The molecule has 34 heavy (non-hydrogen) atoms. The van der Waals surface area contributed by atoms with Gasteiger partial charge < -0.3 is 10.1 Å². The monoisotopic (exact) mass is 468 g/mol. The Hall–Kier alpha value is -4.22. The molecule has 0 unspecified atom stereocenters. The summed E-state index contributed by atoms with van der Waals surface area (Å²) in [4.78, 5) is 34.9. The standard InChI is InChI=1S/C26H20N4O3S/c1-17-23(30-22-11-4-3-10-21(22)28-17)15-33-26(32)20-9-2-5-12-24(20)34-16-25(31)29-19-8-6-7-18(13-19)14-27/h2-13H,15-16H2,1H3,(H,29,31). The fourth-order valence-corrected chi connectivity index (χ4v) is 4.08. The topological polar surface area (TPSA) is 105 Å². The van der Waals surface area contributed by atoms with Crippen LogP contribution in [-0.4, -0.2) is 27.6 Å². The highest BCUT2D eigenvalue weighted by Crippen LogP contribution is 2.24. The molecule has 3 aromatic carbocycles. The molecule has 0 radical (unpaired) electrons. The summed E-state index contributed by atoms with van der Waals surface area (Å²) in [5.74, 6) is -0.652. The summed E-state index contributed by atoms with van der Waals surface area (Å²) < 4.78 is 5.53. The number of ether oxygens (including phenoxy) is 1. The molecular weight excluding hydrogens is 448 g/mol. The lowest BCUT2D eigenvalue weighted by Crippen LogP contribution is -2.14. The number of nitriles is 1. The Balaban J connectivity index is 1.39. The first-order valence-electron chi connectivity index (χ1n) is 10.4. The van der Waals surface area contributed by atoms with Gasteiger partial charge in [-0.3, -0.25) is 4.79 Å². The van der Waals surface area contributed by atoms with Crippen molar-refractivity contribution in [3.63, 3.8) is 0 Å². The number of amides is 1. The number of esters is 1. The van der Waals surface area contributed by atoms with E-state index in [-0.39, 0.29) is 18.3 Å². The Labute approximate surface area is 200 Å². The predicted molar refractivity (Wildman–Crippen MR) is 130 cm³/mol. The Morgan fingerprint density at radius 1 is 1.00 bits per heavy atom. The number of hydrogen-bond donors (Lipinski definition) is 1. The fraction of sp³-hybridized carbons (Fsp3) is 0.115. The quantitative estimate of drug-likeness (QED) is 0.304. The number of benzene rings is 3. The van der Waals surface area contributed by atoms with E-state index in [1.54, 1.807) is 48.5 Å². The van der Waals surface area contributed by atoms with Crippen molar-refractivity contribution in [1.82, 2.24) is 9.97 Å². The van der Waals surface area contributed by atoms with Crippen LogP contribution < -0.4 is 5.32 Å². The molecule has 0 atom stereocenters. The van der Waals surface area contributed by atoms with E-state index in [9.17, 15) is 9.59 Å². The van der Waals surface area contributed by atoms with E-state index in [0.717, 1.165) is 11.0 Å². The number of hydrogen-bond acceptors (Lipinski definition) is 7. The second-order valence-corrected chi connectivity index (χ2v) is 8.36. The van der Waals surface area contributed by atoms with Crippen LogP contribution in [0.3, 0.4) is 0 Å². The number of aryl methyl sites for hydroxylation is 1. The van der Waals surface area contributed by atoms with Crippen molar-refractivity contribution in [2.45, 2.75) is 18.4 Å². The van der Waals surface area contributed by atoms with E-state index < -0.39 is 5.97 Å². The largest absolute Gasteiger partial charge is 0.455 e. The molecule has 0 saturated carbocycles. The first-order valence-corrected chi connectivity index (χ1v) is 11.4. The lowest BCUT2D eigenvalue weighted by atomic mass is 10.2. The third kappa shape index (κ3) is 5.57. The number of aromatic nitrogens is 2. The summed E-state index contributed by atoms with van der Waals surface area (Å²) in [6, 6.07) is 23.2. The number of nitrogens with one attached hydrogen (secondary N) is 1. The van der Waals surface area contributed by atoms with Crippen molar-refractivity contribution < 1.29 is 14.3 Å². The summed E-state index contributed by atoms with van der Waals surface area (Å²) in [5.41, 5.74) is 4.20. The molecule has 0 fully saturated rings. The zero-order chi connectivity index (χ0) is 23.9. The molecule has 0 aliphatic heterocycles. The average Bonchev–Trinajstić information content (AvgIpc) is 2.86. The molecule has 8 heteroatoms. The third-order valence-electron chi connectivity index (χ3n) is 4.92. The Kier molecular flexibility index (Phi) is 7.16. The van der Waals surface area contributed by atoms with Crippen molar-refractivity contribution in [2.24, 2.45) is 0 Å². The van der Waals surface area contributed by atoms with E-state index >= 15 is 0 Å². The van der Waals surface area contributed by atoms with Crippen LogP contribution in [0.1, 0.15) is 27.3 Å². The molecular formula is C26H20N4O3S. The van der Waals surface area contributed by atoms with E-state index in [4.69, 9.17) is 10.00 Å². The highest BCUT2D eigenvalue weighted by Gasteiger charge is 2.16. The number of rotatable bonds is 7. The van der Waals surface area contributed by atoms with Gasteiger partial charge in [0.1, 0.15) is 6.61 Å². The number of anilines is 1. The van der Waals surface area contributed by atoms with Gasteiger partial charge in [0.15, 0.2) is 0 Å². The summed E-state index contributed by atoms with van der Waals surface area (Å²) >= 11 is 1.23. The van der Waals surface area contributed by atoms with Gasteiger partial charge in [0.05, 0.1) is 45.4 Å². The molecule has 7 nitrogen and oxygen atoms in total. The van der Waals surface area contributed by atoms with Crippen LogP contribution in [-0.2, 0) is 16.1 Å². The summed E-state index contributed by atoms with van der Waals surface area (Å²) in [5, 5.41) is 11.8. The first-order chi connectivity index (χ1) is 16.5. The molecule has 0 aliphatic rings. The number of carbonyl (C=O) groups is 2. The van der Waals surface area contributed by atoms with E-state index in [1.807, 2.05) is 37.3 Å². The molecule has 0 spiro atoms. The van der Waals surface area contributed by atoms with Gasteiger partial charge in [-0.2, -0.15) is 5.26 Å². The van der Waals surface area contributed by atoms with E-state index in [0.29, 0.717) is 33.1 Å². The smallest absolute Gasteiger partial charge is 0.339 e. The average molecular weight is 469 g/mol. The predicted octanol–water partition coefficient (Wildman–Crippen LogP) is 4.90. The first kappa shape index (κ1) is 23.0. The van der Waals surface area contributed by atoms with Crippen LogP contribution in [0.2, 0.25) is 0 Å². The number of para-hydroxylation sites is 2. The molecule has 4 aromatic rings. The Morgan fingerprint density at radius 3 is 2.53 bits per heavy atom. The van der Waals surface area contributed by atoms with Crippen LogP contribution >= 0.6 is 11.8 Å². The highest BCUT2D eigenvalue weighted by atomic mass is 32.2. The normalized spacial score (nSPS) is 10.5. The van der Waals surface area contributed by atoms with Gasteiger partial charge in [-0.05, 0) is 49.4 Å². The zero-order valence-corrected chi connectivity index (χ0v) is 19.1. The zero-order valence-electron chi connectivity index (χ0n) is 18.3. The molecule has 0 aliphatic carbocycles. The van der Waals surface area contributed by atoms with Gasteiger partial charge >= 0.3 is 5.97 Å². The summed E-state index contributed by atoms with van der Waals surface area (Å²) in [7, 11) is 0. The van der Waals surface area contributed by atoms with Crippen LogP contribution in [0.15, 0.2) is 77.7 Å². The second kappa shape index (κ2) is 10.6. The maximum atomic E-state index is 12.8. The number of carbonyl (C=O) groups excluding carboxylic acids is 2. The molecule has 0 saturated heterocycles. The van der Waals surface area contributed by atoms with Gasteiger partial charge in [-0.15, -0.1) is 11.8 Å². The number of thioether (sulfide) groups is 1. The Bertz CT molecular complexity index is 1410. The van der Waals surface area contributed by atoms with Crippen LogP contribution in [0.4, 0.5) is 5.69 Å². The lowest BCUT2D eigenvalue weighted by molar-refractivity contribution is -0.113. The fourth-order valence-electron chi connectivity index (χ4n) is 3.24. The summed E-state index contributed by atoms with van der Waals surface area (Å²) in [6.07, 6.45) is 0. The lowest BCUT2D eigenvalue weighted by Gasteiger charge is -2.11. The van der Waals surface area contributed by atoms with Gasteiger partial charge in [0.2, 0.25) is 5.91 Å². The number of fused-ring (bicyclic) bond motifs is 1. The van der Waals surface area contributed by atoms with Crippen LogP contribution in [0, 0.1) is 18.3 Å². The minimum atomic E-state index is -0.500.